The molecule has 1 saturated carbocycles. The molecule has 1 aromatic carbocycles. The second kappa shape index (κ2) is 5.17. The van der Waals surface area contributed by atoms with E-state index in [0.717, 1.165) is 29.5 Å². The number of aromatic nitrogens is 1. The van der Waals surface area contributed by atoms with Crippen LogP contribution in [-0.2, 0) is 0 Å². The molecule has 3 heteroatoms. The van der Waals surface area contributed by atoms with E-state index in [1.165, 1.54) is 19.3 Å². The number of ether oxygens (including phenoxy) is 1. The van der Waals surface area contributed by atoms with E-state index in [4.69, 9.17) is 10.5 Å². The number of hydrogen-bond donors (Lipinski definition) is 1. The van der Waals surface area contributed by atoms with Crippen molar-refractivity contribution in [3.05, 3.63) is 36.5 Å². The van der Waals surface area contributed by atoms with Crippen molar-refractivity contribution in [3.8, 4) is 5.75 Å². The van der Waals surface area contributed by atoms with Crippen LogP contribution in [0.25, 0.3) is 10.9 Å². The summed E-state index contributed by atoms with van der Waals surface area (Å²) < 4.78 is 6.32. The molecule has 0 unspecified atom stereocenters. The van der Waals surface area contributed by atoms with Gasteiger partial charge in [0.1, 0.15) is 16.9 Å². The monoisotopic (exact) mass is 256 g/mol. The van der Waals surface area contributed by atoms with Gasteiger partial charge in [-0.15, -0.1) is 0 Å². The van der Waals surface area contributed by atoms with Gasteiger partial charge in [-0.1, -0.05) is 24.6 Å². The van der Waals surface area contributed by atoms with Crippen LogP contribution in [0.2, 0.25) is 0 Å². The molecular weight excluding hydrogens is 236 g/mol. The van der Waals surface area contributed by atoms with Crippen LogP contribution in [0.1, 0.15) is 32.1 Å². The first-order valence-corrected chi connectivity index (χ1v) is 7.06. The molecule has 3 rings (SSSR count). The summed E-state index contributed by atoms with van der Waals surface area (Å²) >= 11 is 0. The highest BCUT2D eigenvalue weighted by Crippen LogP contribution is 2.34. The maximum atomic E-state index is 6.32. The lowest BCUT2D eigenvalue weighted by Gasteiger charge is -2.36. The van der Waals surface area contributed by atoms with E-state index in [1.54, 1.807) is 0 Å². The van der Waals surface area contributed by atoms with Gasteiger partial charge in [0.2, 0.25) is 0 Å². The summed E-state index contributed by atoms with van der Waals surface area (Å²) in [7, 11) is 0. The first-order chi connectivity index (χ1) is 9.33. The zero-order valence-corrected chi connectivity index (χ0v) is 11.1. The van der Waals surface area contributed by atoms with Crippen molar-refractivity contribution in [1.82, 2.24) is 4.98 Å². The second-order valence-electron chi connectivity index (χ2n) is 5.38. The molecule has 0 atom stereocenters. The van der Waals surface area contributed by atoms with Gasteiger partial charge in [0.25, 0.3) is 0 Å². The highest BCUT2D eigenvalue weighted by atomic mass is 16.5. The molecule has 0 saturated heterocycles. The molecule has 0 bridgehead atoms. The maximum Gasteiger partial charge on any atom is 0.146 e. The van der Waals surface area contributed by atoms with Gasteiger partial charge >= 0.3 is 0 Å². The summed E-state index contributed by atoms with van der Waals surface area (Å²) in [6.07, 6.45) is 7.61. The van der Waals surface area contributed by atoms with Crippen LogP contribution >= 0.6 is 0 Å². The third-order valence-electron chi connectivity index (χ3n) is 4.06. The van der Waals surface area contributed by atoms with Gasteiger partial charge in [-0.2, -0.15) is 0 Å². The third kappa shape index (κ3) is 2.43. The zero-order chi connectivity index (χ0) is 13.1. The van der Waals surface area contributed by atoms with Gasteiger partial charge in [-0.05, 0) is 37.8 Å². The summed E-state index contributed by atoms with van der Waals surface area (Å²) in [6.45, 7) is 0.580. The molecule has 0 aliphatic heterocycles. The molecule has 19 heavy (non-hydrogen) atoms. The Balaban J connectivity index is 1.96. The molecule has 100 valence electrons. The second-order valence-corrected chi connectivity index (χ2v) is 5.38. The summed E-state index contributed by atoms with van der Waals surface area (Å²) in [6, 6.07) is 10.1. The van der Waals surface area contributed by atoms with Crippen molar-refractivity contribution in [3.63, 3.8) is 0 Å². The van der Waals surface area contributed by atoms with Crippen LogP contribution in [0.15, 0.2) is 36.5 Å². The minimum atomic E-state index is -0.190. The lowest BCUT2D eigenvalue weighted by Crippen LogP contribution is -2.45. The Morgan fingerprint density at radius 3 is 2.68 bits per heavy atom. The van der Waals surface area contributed by atoms with Crippen LogP contribution in [0.4, 0.5) is 0 Å². The lowest BCUT2D eigenvalue weighted by atomic mass is 9.84. The average Bonchev–Trinajstić information content (AvgIpc) is 2.49. The summed E-state index contributed by atoms with van der Waals surface area (Å²) in [5.74, 6) is 0.866. The Hall–Kier alpha value is -1.61. The Kier molecular flexibility index (Phi) is 3.38. The normalized spacial score (nSPS) is 18.4. The fourth-order valence-corrected chi connectivity index (χ4v) is 2.94. The van der Waals surface area contributed by atoms with Gasteiger partial charge in [-0.3, -0.25) is 4.98 Å². The molecule has 1 aliphatic rings. The molecule has 2 N–H and O–H groups in total. The standard InChI is InChI=1S/C16H20N2O/c17-12-16(9-2-1-3-10-16)19-14-8-4-6-13-7-5-11-18-15(13)14/h4-8,11H,1-3,9-10,12,17H2. The lowest BCUT2D eigenvalue weighted by molar-refractivity contribution is 0.0400. The Morgan fingerprint density at radius 2 is 1.89 bits per heavy atom. The highest BCUT2D eigenvalue weighted by molar-refractivity contribution is 5.84. The topological polar surface area (TPSA) is 48.1 Å². The summed E-state index contributed by atoms with van der Waals surface area (Å²) in [5.41, 5.74) is 6.73. The van der Waals surface area contributed by atoms with Crippen LogP contribution in [0, 0.1) is 0 Å². The molecule has 0 radical (unpaired) electrons. The van der Waals surface area contributed by atoms with Gasteiger partial charge in [0.05, 0.1) is 0 Å². The molecule has 0 spiro atoms. The quantitative estimate of drug-likeness (QED) is 0.916. The van der Waals surface area contributed by atoms with Crippen molar-refractivity contribution in [2.45, 2.75) is 37.7 Å². The van der Waals surface area contributed by atoms with Crippen molar-refractivity contribution in [1.29, 1.82) is 0 Å². The first-order valence-electron chi connectivity index (χ1n) is 7.06. The van der Waals surface area contributed by atoms with Crippen molar-refractivity contribution in [2.24, 2.45) is 5.73 Å². The number of nitrogens with zero attached hydrogens (tertiary/aromatic N) is 1. The van der Waals surface area contributed by atoms with Crippen LogP contribution in [-0.4, -0.2) is 17.1 Å². The minimum absolute atomic E-state index is 0.190. The number of rotatable bonds is 3. The Labute approximate surface area is 113 Å². The molecule has 0 amide bonds. The van der Waals surface area contributed by atoms with Crippen molar-refractivity contribution >= 4 is 10.9 Å². The number of fused-ring (bicyclic) bond motifs is 1. The third-order valence-corrected chi connectivity index (χ3v) is 4.06. The molecule has 1 aliphatic carbocycles. The number of nitrogens with two attached hydrogens (primary N) is 1. The molecule has 1 aromatic heterocycles. The maximum absolute atomic E-state index is 6.32. The van der Waals surface area contributed by atoms with Gasteiger partial charge < -0.3 is 10.5 Å². The van der Waals surface area contributed by atoms with E-state index in [2.05, 4.69) is 17.1 Å². The first kappa shape index (κ1) is 12.4. The van der Waals surface area contributed by atoms with Gasteiger partial charge in [0, 0.05) is 18.1 Å². The van der Waals surface area contributed by atoms with Crippen molar-refractivity contribution < 1.29 is 4.74 Å². The molecular formula is C16H20N2O. The predicted octanol–water partition coefficient (Wildman–Crippen LogP) is 3.28. The largest absolute Gasteiger partial charge is 0.484 e. The van der Waals surface area contributed by atoms with E-state index in [9.17, 15) is 0 Å². The SMILES string of the molecule is NCC1(Oc2cccc3cccnc23)CCCCC1. The highest BCUT2D eigenvalue weighted by Gasteiger charge is 2.33. The van der Waals surface area contributed by atoms with Crippen molar-refractivity contribution in [2.75, 3.05) is 6.54 Å². The summed E-state index contributed by atoms with van der Waals surface area (Å²) in [4.78, 5) is 4.45. The fraction of sp³-hybridized carbons (Fsp3) is 0.438. The molecule has 2 aromatic rings. The summed E-state index contributed by atoms with van der Waals surface area (Å²) in [5, 5.41) is 1.11. The van der Waals surface area contributed by atoms with Crippen LogP contribution in [0.3, 0.4) is 0 Å². The van der Waals surface area contributed by atoms with E-state index < -0.39 is 0 Å². The fourth-order valence-electron chi connectivity index (χ4n) is 2.94. The smallest absolute Gasteiger partial charge is 0.146 e. The van der Waals surface area contributed by atoms with E-state index in [1.807, 2.05) is 24.4 Å². The number of pyridine rings is 1. The van der Waals surface area contributed by atoms with E-state index >= 15 is 0 Å². The number of para-hydroxylation sites is 1. The van der Waals surface area contributed by atoms with E-state index in [0.29, 0.717) is 6.54 Å². The molecule has 3 nitrogen and oxygen atoms in total. The predicted molar refractivity (Wildman–Crippen MR) is 77.2 cm³/mol. The van der Waals surface area contributed by atoms with Crippen LogP contribution < -0.4 is 10.5 Å². The van der Waals surface area contributed by atoms with Gasteiger partial charge in [0.15, 0.2) is 0 Å². The van der Waals surface area contributed by atoms with Gasteiger partial charge in [-0.25, -0.2) is 0 Å². The Bertz CT molecular complexity index is 556. The van der Waals surface area contributed by atoms with Crippen LogP contribution in [0.5, 0.6) is 5.75 Å². The molecule has 1 heterocycles. The zero-order valence-electron chi connectivity index (χ0n) is 11.1. The van der Waals surface area contributed by atoms with E-state index in [-0.39, 0.29) is 5.60 Å². The minimum Gasteiger partial charge on any atom is -0.484 e. The number of benzene rings is 1. The average molecular weight is 256 g/mol. The molecule has 1 fully saturated rings. The Morgan fingerprint density at radius 1 is 1.11 bits per heavy atom. The number of hydrogen-bond acceptors (Lipinski definition) is 3.